The van der Waals surface area contributed by atoms with Crippen LogP contribution in [0.5, 0.6) is 0 Å². The van der Waals surface area contributed by atoms with Crippen molar-refractivity contribution < 1.29 is 14.2 Å². The first-order valence-corrected chi connectivity index (χ1v) is 14.1. The summed E-state index contributed by atoms with van der Waals surface area (Å²) in [5.74, 6) is -0.713. The number of imidazole rings is 1. The molecule has 0 bridgehead atoms. The lowest BCUT2D eigenvalue weighted by molar-refractivity contribution is -0.148. The van der Waals surface area contributed by atoms with Gasteiger partial charge in [-0.1, -0.05) is 97.1 Å². The van der Waals surface area contributed by atoms with Crippen molar-refractivity contribution in [3.05, 3.63) is 144 Å². The van der Waals surface area contributed by atoms with Gasteiger partial charge in [-0.05, 0) is 48.6 Å². The number of ether oxygens (including phenoxy) is 3. The molecule has 0 spiro atoms. The lowest BCUT2D eigenvalue weighted by Crippen LogP contribution is -2.35. The van der Waals surface area contributed by atoms with E-state index < -0.39 is 11.4 Å². The molecule has 7 rings (SSSR count). The van der Waals surface area contributed by atoms with Gasteiger partial charge in [0.25, 0.3) is 0 Å². The minimum absolute atomic E-state index is 0.0916. The predicted molar refractivity (Wildman–Crippen MR) is 158 cm³/mol. The molecule has 0 unspecified atom stereocenters. The second-order valence-corrected chi connectivity index (χ2v) is 11.3. The summed E-state index contributed by atoms with van der Waals surface area (Å²) in [5, 5.41) is 0. The molecule has 6 nitrogen and oxygen atoms in total. The normalized spacial score (nSPS) is 21.6. The van der Waals surface area contributed by atoms with E-state index in [0.29, 0.717) is 6.61 Å². The van der Waals surface area contributed by atoms with Crippen LogP contribution < -0.4 is 0 Å². The Bertz CT molecular complexity index is 1600. The van der Waals surface area contributed by atoms with Gasteiger partial charge in [-0.15, -0.1) is 0 Å². The van der Waals surface area contributed by atoms with E-state index >= 15 is 0 Å². The van der Waals surface area contributed by atoms with Crippen LogP contribution in [-0.2, 0) is 19.8 Å². The molecule has 0 radical (unpaired) electrons. The first-order chi connectivity index (χ1) is 20.0. The lowest BCUT2D eigenvalue weighted by Gasteiger charge is -2.36. The Morgan fingerprint density at radius 3 is 2.00 bits per heavy atom. The molecule has 3 atom stereocenters. The molecular formula is C35H33N3O3. The van der Waals surface area contributed by atoms with Crippen LogP contribution in [0, 0.1) is 6.92 Å². The maximum Gasteiger partial charge on any atom is 0.164 e. The summed E-state index contributed by atoms with van der Waals surface area (Å²) in [5.41, 5.74) is 6.44. The maximum absolute atomic E-state index is 7.19. The molecular weight excluding hydrogens is 510 g/mol. The molecule has 0 amide bonds. The van der Waals surface area contributed by atoms with Gasteiger partial charge in [0.15, 0.2) is 5.79 Å². The van der Waals surface area contributed by atoms with Gasteiger partial charge in [0.1, 0.15) is 23.3 Å². The van der Waals surface area contributed by atoms with Crippen molar-refractivity contribution in [1.29, 1.82) is 0 Å². The predicted octanol–water partition coefficient (Wildman–Crippen LogP) is 6.75. The summed E-state index contributed by atoms with van der Waals surface area (Å²) >= 11 is 0. The zero-order valence-corrected chi connectivity index (χ0v) is 23.5. The molecule has 2 aliphatic rings. The molecule has 206 valence electrons. The average Bonchev–Trinajstić information content (AvgIpc) is 3.67. The van der Waals surface area contributed by atoms with E-state index in [1.165, 1.54) is 0 Å². The van der Waals surface area contributed by atoms with Crippen LogP contribution in [-0.4, -0.2) is 39.1 Å². The van der Waals surface area contributed by atoms with Gasteiger partial charge in [0, 0.05) is 6.20 Å². The smallest absolute Gasteiger partial charge is 0.164 e. The highest BCUT2D eigenvalue weighted by Crippen LogP contribution is 2.46. The number of aryl methyl sites for hydroxylation is 1. The molecule has 3 heterocycles. The second kappa shape index (κ2) is 10.1. The number of hydrogen-bond donors (Lipinski definition) is 0. The van der Waals surface area contributed by atoms with Crippen LogP contribution in [0.4, 0.5) is 0 Å². The number of aromatic nitrogens is 3. The van der Waals surface area contributed by atoms with Gasteiger partial charge in [0.05, 0.1) is 30.7 Å². The van der Waals surface area contributed by atoms with Crippen molar-refractivity contribution in [1.82, 2.24) is 14.5 Å². The highest BCUT2D eigenvalue weighted by molar-refractivity contribution is 5.78. The molecule has 5 aromatic rings. The van der Waals surface area contributed by atoms with Crippen molar-refractivity contribution in [2.75, 3.05) is 6.61 Å². The Morgan fingerprint density at radius 1 is 0.829 bits per heavy atom. The maximum atomic E-state index is 7.19. The van der Waals surface area contributed by atoms with E-state index in [-0.39, 0.29) is 18.2 Å². The Hall–Kier alpha value is -4.10. The number of pyridine rings is 1. The molecule has 1 fully saturated rings. The molecule has 1 aliphatic heterocycles. The number of hydrogen-bond acceptors (Lipinski definition) is 5. The largest absolute Gasteiger partial charge is 0.356 e. The molecule has 2 aromatic heterocycles. The van der Waals surface area contributed by atoms with Gasteiger partial charge in [-0.25, -0.2) is 4.98 Å². The highest BCUT2D eigenvalue weighted by atomic mass is 16.8. The van der Waals surface area contributed by atoms with Gasteiger partial charge in [-0.3, -0.25) is 4.98 Å². The van der Waals surface area contributed by atoms with E-state index in [2.05, 4.69) is 100 Å². The summed E-state index contributed by atoms with van der Waals surface area (Å²) in [7, 11) is 0. The van der Waals surface area contributed by atoms with Crippen LogP contribution in [0.1, 0.15) is 42.1 Å². The quantitative estimate of drug-likeness (QED) is 0.168. The summed E-state index contributed by atoms with van der Waals surface area (Å²) in [6.45, 7) is 6.38. The third kappa shape index (κ3) is 4.39. The SMILES string of the molecule is Cc1cncc2ncn([C@@H]3C=C(COC(c4ccccc4)(c4ccccc4)c4ccccc4)[C@H]4OC(C)(C)O[C@H]43)c12. The highest BCUT2D eigenvalue weighted by Gasteiger charge is 2.51. The Kier molecular flexibility index (Phi) is 6.35. The average molecular weight is 544 g/mol. The fourth-order valence-corrected chi connectivity index (χ4v) is 6.45. The summed E-state index contributed by atoms with van der Waals surface area (Å²) < 4.78 is 22.4. The van der Waals surface area contributed by atoms with Crippen LogP contribution in [0.15, 0.2) is 121 Å². The van der Waals surface area contributed by atoms with Gasteiger partial charge < -0.3 is 18.8 Å². The monoisotopic (exact) mass is 543 g/mol. The van der Waals surface area contributed by atoms with Crippen molar-refractivity contribution in [3.8, 4) is 0 Å². The second-order valence-electron chi connectivity index (χ2n) is 11.3. The Labute approximate surface area is 240 Å². The van der Waals surface area contributed by atoms with Gasteiger partial charge in [0.2, 0.25) is 0 Å². The van der Waals surface area contributed by atoms with E-state index in [4.69, 9.17) is 14.2 Å². The van der Waals surface area contributed by atoms with Crippen LogP contribution >= 0.6 is 0 Å². The summed E-state index contributed by atoms with van der Waals surface area (Å²) in [4.78, 5) is 8.98. The van der Waals surface area contributed by atoms with E-state index in [1.54, 1.807) is 0 Å². The summed E-state index contributed by atoms with van der Waals surface area (Å²) in [6.07, 6.45) is 7.38. The van der Waals surface area contributed by atoms with Gasteiger partial charge >= 0.3 is 0 Å². The van der Waals surface area contributed by atoms with Crippen molar-refractivity contribution in [2.24, 2.45) is 0 Å². The standard InChI is InChI=1S/C35H33N3O3/c1-24-20-36-21-29-31(24)38(23-37-29)30-19-25(32-33(30)41-34(2,3)40-32)22-39-35(26-13-7-4-8-14-26,27-15-9-5-10-16-27)28-17-11-6-12-18-28/h4-21,23,30,32-33H,22H2,1-3H3/t30-,32-,33+/m1/s1. The molecule has 0 saturated carbocycles. The molecule has 1 saturated heterocycles. The minimum atomic E-state index is -0.822. The number of rotatable bonds is 7. The Morgan fingerprint density at radius 2 is 1.41 bits per heavy atom. The third-order valence-electron chi connectivity index (χ3n) is 8.19. The third-order valence-corrected chi connectivity index (χ3v) is 8.19. The molecule has 0 N–H and O–H groups in total. The lowest BCUT2D eigenvalue weighted by atomic mass is 9.80. The van der Waals surface area contributed by atoms with Gasteiger partial charge in [-0.2, -0.15) is 0 Å². The number of fused-ring (bicyclic) bond motifs is 2. The summed E-state index contributed by atoms with van der Waals surface area (Å²) in [6, 6.07) is 31.3. The fourth-order valence-electron chi connectivity index (χ4n) is 6.45. The number of nitrogens with zero attached hydrogens (tertiary/aromatic N) is 3. The fraction of sp³-hybridized carbons (Fsp3) is 0.257. The molecule has 41 heavy (non-hydrogen) atoms. The van der Waals surface area contributed by atoms with E-state index in [9.17, 15) is 0 Å². The Balaban J connectivity index is 1.33. The zero-order chi connectivity index (χ0) is 28.0. The van der Waals surface area contributed by atoms with Crippen molar-refractivity contribution in [3.63, 3.8) is 0 Å². The minimum Gasteiger partial charge on any atom is -0.356 e. The molecule has 6 heteroatoms. The first-order valence-electron chi connectivity index (χ1n) is 14.1. The van der Waals surface area contributed by atoms with Crippen LogP contribution in [0.2, 0.25) is 0 Å². The molecule has 3 aromatic carbocycles. The zero-order valence-electron chi connectivity index (χ0n) is 23.5. The van der Waals surface area contributed by atoms with E-state index in [0.717, 1.165) is 38.9 Å². The number of benzene rings is 3. The van der Waals surface area contributed by atoms with E-state index in [1.807, 2.05) is 50.8 Å². The molecule has 1 aliphatic carbocycles. The first kappa shape index (κ1) is 25.8. The topological polar surface area (TPSA) is 58.4 Å². The van der Waals surface area contributed by atoms with Crippen LogP contribution in [0.25, 0.3) is 11.0 Å². The van der Waals surface area contributed by atoms with Crippen molar-refractivity contribution >= 4 is 11.0 Å². The van der Waals surface area contributed by atoms with Crippen molar-refractivity contribution in [2.45, 2.75) is 50.4 Å². The van der Waals surface area contributed by atoms with Crippen LogP contribution in [0.3, 0.4) is 0 Å².